The minimum Gasteiger partial charge on any atom is -0.306 e. The molecule has 4 aliphatic rings. The van der Waals surface area contributed by atoms with Crippen LogP contribution in [0.15, 0.2) is 0 Å². The van der Waals surface area contributed by atoms with E-state index in [2.05, 4.69) is 38.3 Å². The summed E-state index contributed by atoms with van der Waals surface area (Å²) in [4.78, 5) is 0. The minimum atomic E-state index is 0.375. The van der Waals surface area contributed by atoms with Crippen molar-refractivity contribution in [1.29, 1.82) is 0 Å². The van der Waals surface area contributed by atoms with Crippen molar-refractivity contribution in [2.24, 2.45) is 0 Å². The van der Waals surface area contributed by atoms with Crippen LogP contribution in [0.3, 0.4) is 0 Å². The fraction of sp³-hybridized carbons (Fsp3) is 1.00. The molecule has 2 nitrogen and oxygen atoms in total. The van der Waals surface area contributed by atoms with Crippen LogP contribution in [0.25, 0.3) is 0 Å². The van der Waals surface area contributed by atoms with Crippen LogP contribution >= 0.6 is 0 Å². The van der Waals surface area contributed by atoms with Crippen LogP contribution in [0.5, 0.6) is 0 Å². The maximum absolute atomic E-state index is 3.88. The molecule has 4 aliphatic heterocycles. The van der Waals surface area contributed by atoms with Crippen LogP contribution in [-0.4, -0.2) is 22.2 Å². The lowest BCUT2D eigenvalue weighted by Gasteiger charge is -2.69. The summed E-state index contributed by atoms with van der Waals surface area (Å²) in [5.41, 5.74) is 1.50. The van der Waals surface area contributed by atoms with Gasteiger partial charge in [0.1, 0.15) is 0 Å². The van der Waals surface area contributed by atoms with Gasteiger partial charge in [-0.25, -0.2) is 0 Å². The molecule has 14 heavy (non-hydrogen) atoms. The summed E-state index contributed by atoms with van der Waals surface area (Å²) >= 11 is 0. The molecule has 0 spiro atoms. The minimum absolute atomic E-state index is 0.375. The first-order valence-corrected chi connectivity index (χ1v) is 5.83. The van der Waals surface area contributed by atoms with Crippen molar-refractivity contribution in [2.45, 2.75) is 75.5 Å². The molecule has 4 saturated heterocycles. The first-order valence-electron chi connectivity index (χ1n) is 5.83. The zero-order chi connectivity index (χ0) is 10.2. The standard InChI is InChI=1S/C12H22N2/c1-9-5-10(2)7-12(4,13-9)8-11(3,6-9)14-10/h13-14H,5-8H2,1-4H3. The van der Waals surface area contributed by atoms with Crippen molar-refractivity contribution < 1.29 is 0 Å². The Labute approximate surface area is 86.8 Å². The van der Waals surface area contributed by atoms with Gasteiger partial charge >= 0.3 is 0 Å². The average molecular weight is 194 g/mol. The summed E-state index contributed by atoms with van der Waals surface area (Å²) in [6.07, 6.45) is 5.13. The van der Waals surface area contributed by atoms with Gasteiger partial charge < -0.3 is 10.6 Å². The highest BCUT2D eigenvalue weighted by atomic mass is 15.2. The first-order chi connectivity index (χ1) is 6.24. The highest BCUT2D eigenvalue weighted by molar-refractivity contribution is 5.23. The summed E-state index contributed by atoms with van der Waals surface area (Å²) < 4.78 is 0. The van der Waals surface area contributed by atoms with Gasteiger partial charge in [0.15, 0.2) is 0 Å². The third-order valence-electron chi connectivity index (χ3n) is 4.33. The Morgan fingerprint density at radius 2 is 0.786 bits per heavy atom. The fourth-order valence-corrected chi connectivity index (χ4v) is 5.51. The Hall–Kier alpha value is -0.0800. The summed E-state index contributed by atoms with van der Waals surface area (Å²) in [5, 5.41) is 7.75. The predicted octanol–water partition coefficient (Wildman–Crippen LogP) is 1.80. The molecular formula is C12H22N2. The maximum Gasteiger partial charge on any atom is 0.0193 e. The third kappa shape index (κ3) is 1.10. The molecule has 0 unspecified atom stereocenters. The Bertz CT molecular complexity index is 201. The number of nitrogens with one attached hydrogen (secondary N) is 2. The Balaban J connectivity index is 2.08. The van der Waals surface area contributed by atoms with Crippen LogP contribution in [0.4, 0.5) is 0 Å². The SMILES string of the molecule is CC12CC3(C)CC(C)(CC(C)(C1)N3)N2. The van der Waals surface area contributed by atoms with Crippen molar-refractivity contribution in [2.75, 3.05) is 0 Å². The van der Waals surface area contributed by atoms with E-state index in [0.717, 1.165) is 0 Å². The fourth-order valence-electron chi connectivity index (χ4n) is 5.51. The lowest BCUT2D eigenvalue weighted by molar-refractivity contribution is -0.0835. The number of hydrogen-bond donors (Lipinski definition) is 2. The second kappa shape index (κ2) is 2.05. The largest absolute Gasteiger partial charge is 0.306 e. The summed E-state index contributed by atoms with van der Waals surface area (Å²) in [7, 11) is 0. The number of rotatable bonds is 0. The lowest BCUT2D eigenvalue weighted by atomic mass is 9.54. The van der Waals surface area contributed by atoms with Crippen LogP contribution in [0.1, 0.15) is 53.4 Å². The Morgan fingerprint density at radius 3 is 1.00 bits per heavy atom. The third-order valence-corrected chi connectivity index (χ3v) is 4.33. The van der Waals surface area contributed by atoms with E-state index in [1.54, 1.807) is 0 Å². The Kier molecular flexibility index (Phi) is 1.34. The molecule has 80 valence electrons. The van der Waals surface area contributed by atoms with Crippen LogP contribution in [-0.2, 0) is 0 Å². The maximum atomic E-state index is 3.88. The van der Waals surface area contributed by atoms with Gasteiger partial charge in [-0.15, -0.1) is 0 Å². The van der Waals surface area contributed by atoms with Gasteiger partial charge in [-0.2, -0.15) is 0 Å². The normalized spacial score (nSPS) is 66.0. The zero-order valence-corrected chi connectivity index (χ0v) is 9.83. The van der Waals surface area contributed by atoms with Gasteiger partial charge in [-0.3, -0.25) is 0 Å². The average Bonchev–Trinajstić information content (AvgIpc) is 1.67. The highest BCUT2D eigenvalue weighted by Gasteiger charge is 2.62. The van der Waals surface area contributed by atoms with E-state index in [4.69, 9.17) is 0 Å². The monoisotopic (exact) mass is 194 g/mol. The van der Waals surface area contributed by atoms with Crippen LogP contribution in [0.2, 0.25) is 0 Å². The molecule has 0 aliphatic carbocycles. The molecular weight excluding hydrogens is 172 g/mol. The number of piperidine rings is 4. The van der Waals surface area contributed by atoms with Gasteiger partial charge in [0.2, 0.25) is 0 Å². The molecule has 4 heterocycles. The van der Waals surface area contributed by atoms with Crippen molar-refractivity contribution in [3.8, 4) is 0 Å². The van der Waals surface area contributed by atoms with E-state index in [1.165, 1.54) is 25.7 Å². The predicted molar refractivity (Wildman–Crippen MR) is 58.4 cm³/mol. The second-order valence-corrected chi connectivity index (χ2v) is 7.20. The molecule has 4 rings (SSSR count). The van der Waals surface area contributed by atoms with Gasteiger partial charge in [0.25, 0.3) is 0 Å². The molecule has 0 aromatic rings. The lowest BCUT2D eigenvalue weighted by Crippen LogP contribution is -2.83. The molecule has 0 aromatic carbocycles. The van der Waals surface area contributed by atoms with Gasteiger partial charge in [-0.1, -0.05) is 0 Å². The number of hydrogen-bond acceptors (Lipinski definition) is 2. The van der Waals surface area contributed by atoms with E-state index in [1.807, 2.05) is 0 Å². The first kappa shape index (κ1) is 9.17. The van der Waals surface area contributed by atoms with E-state index < -0.39 is 0 Å². The molecule has 0 saturated carbocycles. The van der Waals surface area contributed by atoms with Crippen molar-refractivity contribution in [3.63, 3.8) is 0 Å². The van der Waals surface area contributed by atoms with Crippen molar-refractivity contribution >= 4 is 0 Å². The summed E-state index contributed by atoms with van der Waals surface area (Å²) in [5.74, 6) is 0. The molecule has 0 aromatic heterocycles. The van der Waals surface area contributed by atoms with Gasteiger partial charge in [-0.05, 0) is 53.4 Å². The molecule has 0 radical (unpaired) electrons. The topological polar surface area (TPSA) is 24.1 Å². The van der Waals surface area contributed by atoms with Gasteiger partial charge in [0, 0.05) is 22.2 Å². The summed E-state index contributed by atoms with van der Waals surface area (Å²) in [6.45, 7) is 9.61. The second-order valence-electron chi connectivity index (χ2n) is 7.20. The quantitative estimate of drug-likeness (QED) is 0.614. The van der Waals surface area contributed by atoms with E-state index in [9.17, 15) is 0 Å². The molecule has 2 heteroatoms. The summed E-state index contributed by atoms with van der Waals surface area (Å²) in [6, 6.07) is 0. The van der Waals surface area contributed by atoms with Crippen LogP contribution < -0.4 is 10.6 Å². The molecule has 0 amide bonds. The molecule has 4 fully saturated rings. The molecule has 2 N–H and O–H groups in total. The zero-order valence-electron chi connectivity index (χ0n) is 9.83. The molecule has 0 atom stereocenters. The van der Waals surface area contributed by atoms with Crippen LogP contribution in [0, 0.1) is 0 Å². The van der Waals surface area contributed by atoms with Gasteiger partial charge in [0.05, 0.1) is 0 Å². The van der Waals surface area contributed by atoms with E-state index in [-0.39, 0.29) is 0 Å². The van der Waals surface area contributed by atoms with E-state index >= 15 is 0 Å². The van der Waals surface area contributed by atoms with Crippen molar-refractivity contribution in [3.05, 3.63) is 0 Å². The smallest absolute Gasteiger partial charge is 0.0193 e. The molecule has 4 bridgehead atoms. The Morgan fingerprint density at radius 1 is 0.571 bits per heavy atom. The highest BCUT2D eigenvalue weighted by Crippen LogP contribution is 2.53. The van der Waals surface area contributed by atoms with Crippen molar-refractivity contribution in [1.82, 2.24) is 10.6 Å². The van der Waals surface area contributed by atoms with E-state index in [0.29, 0.717) is 22.2 Å².